The van der Waals surface area contributed by atoms with Crippen LogP contribution >= 0.6 is 0 Å². The fourth-order valence-corrected chi connectivity index (χ4v) is 4.23. The van der Waals surface area contributed by atoms with E-state index in [1.807, 2.05) is 16.7 Å². The van der Waals surface area contributed by atoms with E-state index in [1.54, 1.807) is 0 Å². The summed E-state index contributed by atoms with van der Waals surface area (Å²) in [6.07, 6.45) is 7.21. The van der Waals surface area contributed by atoms with Gasteiger partial charge in [0, 0.05) is 44.2 Å². The maximum atomic E-state index is 13.0. The number of nitrogens with zero attached hydrogens (tertiary/aromatic N) is 3. The minimum Gasteiger partial charge on any atom is -0.343 e. The van der Waals surface area contributed by atoms with Gasteiger partial charge in [0.05, 0.1) is 11.3 Å². The molecule has 0 aromatic carbocycles. The molecule has 3 fully saturated rings. The van der Waals surface area contributed by atoms with E-state index in [2.05, 4.69) is 10.2 Å². The minimum atomic E-state index is 0.154. The van der Waals surface area contributed by atoms with Gasteiger partial charge in [-0.2, -0.15) is 5.10 Å². The lowest BCUT2D eigenvalue weighted by atomic mass is 9.92. The van der Waals surface area contributed by atoms with Gasteiger partial charge in [-0.05, 0) is 51.4 Å². The predicted molar refractivity (Wildman–Crippen MR) is 94.4 cm³/mol. The number of piperidine rings is 1. The lowest BCUT2D eigenvalue weighted by Gasteiger charge is -2.33. The monoisotopic (exact) mass is 344 g/mol. The van der Waals surface area contributed by atoms with Crippen molar-refractivity contribution in [2.24, 2.45) is 5.92 Å². The van der Waals surface area contributed by atoms with Crippen molar-refractivity contribution >= 4 is 11.8 Å². The normalized spacial score (nSPS) is 22.0. The van der Waals surface area contributed by atoms with Crippen LogP contribution in [0.1, 0.15) is 72.6 Å². The van der Waals surface area contributed by atoms with Crippen LogP contribution in [-0.4, -0.2) is 58.0 Å². The van der Waals surface area contributed by atoms with Crippen LogP contribution in [0.4, 0.5) is 0 Å². The third-order valence-electron chi connectivity index (χ3n) is 6.03. The number of aryl methyl sites for hydroxylation is 1. The maximum Gasteiger partial charge on any atom is 0.257 e. The number of H-pyrrole nitrogens is 1. The van der Waals surface area contributed by atoms with Crippen LogP contribution in [0.5, 0.6) is 0 Å². The molecule has 2 saturated heterocycles. The van der Waals surface area contributed by atoms with Crippen molar-refractivity contribution in [3.05, 3.63) is 17.0 Å². The Labute approximate surface area is 148 Å². The molecular weight excluding hydrogens is 316 g/mol. The molecule has 1 aromatic rings. The van der Waals surface area contributed by atoms with Gasteiger partial charge in [0.15, 0.2) is 0 Å². The largest absolute Gasteiger partial charge is 0.343 e. The lowest BCUT2D eigenvalue weighted by molar-refractivity contribution is -0.127. The number of carbonyl (C=O) groups excluding carboxylic acids is 2. The quantitative estimate of drug-likeness (QED) is 0.892. The zero-order chi connectivity index (χ0) is 17.4. The summed E-state index contributed by atoms with van der Waals surface area (Å²) in [4.78, 5) is 28.7. The second-order valence-corrected chi connectivity index (χ2v) is 7.89. The summed E-state index contributed by atoms with van der Waals surface area (Å²) >= 11 is 0. The summed E-state index contributed by atoms with van der Waals surface area (Å²) in [5.41, 5.74) is 2.71. The van der Waals surface area contributed by atoms with Gasteiger partial charge in [0.25, 0.3) is 5.91 Å². The highest BCUT2D eigenvalue weighted by Gasteiger charge is 2.34. The Balaban J connectivity index is 1.30. The predicted octanol–water partition coefficient (Wildman–Crippen LogP) is 2.46. The second kappa shape index (κ2) is 6.81. The molecule has 3 aliphatic rings. The molecule has 1 N–H and O–H groups in total. The van der Waals surface area contributed by atoms with Crippen LogP contribution in [0.2, 0.25) is 0 Å². The maximum absolute atomic E-state index is 13.0. The number of hydrogen-bond donors (Lipinski definition) is 1. The van der Waals surface area contributed by atoms with Crippen LogP contribution in [0.15, 0.2) is 0 Å². The molecule has 6 heteroatoms. The van der Waals surface area contributed by atoms with E-state index in [0.717, 1.165) is 88.1 Å². The van der Waals surface area contributed by atoms with E-state index < -0.39 is 0 Å². The highest BCUT2D eigenvalue weighted by Crippen LogP contribution is 2.41. The molecule has 25 heavy (non-hydrogen) atoms. The molecule has 0 radical (unpaired) electrons. The van der Waals surface area contributed by atoms with Crippen LogP contribution < -0.4 is 0 Å². The Morgan fingerprint density at radius 3 is 2.60 bits per heavy atom. The molecule has 0 bridgehead atoms. The molecule has 2 aliphatic heterocycles. The first-order valence-corrected chi connectivity index (χ1v) is 9.75. The average Bonchev–Trinajstić information content (AvgIpc) is 3.28. The molecule has 4 rings (SSSR count). The number of rotatable bonds is 5. The lowest BCUT2D eigenvalue weighted by Crippen LogP contribution is -2.39. The first kappa shape index (κ1) is 16.6. The fourth-order valence-electron chi connectivity index (χ4n) is 4.23. The van der Waals surface area contributed by atoms with Gasteiger partial charge >= 0.3 is 0 Å². The molecule has 0 atom stereocenters. The summed E-state index contributed by atoms with van der Waals surface area (Å²) in [6.45, 7) is 5.42. The van der Waals surface area contributed by atoms with Gasteiger partial charge in [-0.3, -0.25) is 14.7 Å². The van der Waals surface area contributed by atoms with E-state index in [-0.39, 0.29) is 5.91 Å². The molecule has 3 heterocycles. The van der Waals surface area contributed by atoms with Crippen molar-refractivity contribution in [3.63, 3.8) is 0 Å². The molecule has 1 aliphatic carbocycles. The number of amides is 2. The van der Waals surface area contributed by atoms with Crippen molar-refractivity contribution in [1.29, 1.82) is 0 Å². The molecule has 2 amide bonds. The summed E-state index contributed by atoms with van der Waals surface area (Å²) in [5, 5.41) is 7.39. The van der Waals surface area contributed by atoms with Crippen LogP contribution in [-0.2, 0) is 4.79 Å². The highest BCUT2D eigenvalue weighted by molar-refractivity contribution is 5.96. The summed E-state index contributed by atoms with van der Waals surface area (Å²) in [5.74, 6) is 1.59. The molecule has 136 valence electrons. The van der Waals surface area contributed by atoms with Crippen LogP contribution in [0, 0.1) is 12.8 Å². The van der Waals surface area contributed by atoms with Gasteiger partial charge in [-0.15, -0.1) is 0 Å². The van der Waals surface area contributed by atoms with Crippen molar-refractivity contribution in [3.8, 4) is 0 Å². The third kappa shape index (κ3) is 3.44. The van der Waals surface area contributed by atoms with Gasteiger partial charge in [0.1, 0.15) is 0 Å². The number of aromatic nitrogens is 2. The first-order valence-electron chi connectivity index (χ1n) is 9.75. The number of carbonyl (C=O) groups is 2. The van der Waals surface area contributed by atoms with E-state index >= 15 is 0 Å². The molecule has 0 spiro atoms. The Morgan fingerprint density at radius 1 is 1.20 bits per heavy atom. The Kier molecular flexibility index (Phi) is 4.52. The average molecular weight is 344 g/mol. The SMILES string of the molecule is Cc1[nH]nc(C2CC2)c1C(=O)N1CCC(CCN2CCCC2=O)CC1. The topological polar surface area (TPSA) is 69.3 Å². The molecule has 1 aromatic heterocycles. The number of aromatic amines is 1. The zero-order valence-electron chi connectivity index (χ0n) is 15.1. The van der Waals surface area contributed by atoms with E-state index in [1.165, 1.54) is 0 Å². The summed E-state index contributed by atoms with van der Waals surface area (Å²) < 4.78 is 0. The Hall–Kier alpha value is -1.85. The van der Waals surface area contributed by atoms with Gasteiger partial charge in [-0.1, -0.05) is 0 Å². The van der Waals surface area contributed by atoms with Gasteiger partial charge in [-0.25, -0.2) is 0 Å². The van der Waals surface area contributed by atoms with Crippen molar-refractivity contribution in [2.75, 3.05) is 26.2 Å². The van der Waals surface area contributed by atoms with Gasteiger partial charge < -0.3 is 9.80 Å². The first-order chi connectivity index (χ1) is 12.1. The molecule has 6 nitrogen and oxygen atoms in total. The molecule has 0 unspecified atom stereocenters. The number of likely N-dealkylation sites (tertiary alicyclic amines) is 2. The second-order valence-electron chi connectivity index (χ2n) is 7.89. The van der Waals surface area contributed by atoms with E-state index in [9.17, 15) is 9.59 Å². The highest BCUT2D eigenvalue weighted by atomic mass is 16.2. The van der Waals surface area contributed by atoms with Crippen molar-refractivity contribution < 1.29 is 9.59 Å². The van der Waals surface area contributed by atoms with Crippen LogP contribution in [0.25, 0.3) is 0 Å². The standard InChI is InChI=1S/C19H28N4O2/c1-13-17(18(21-20-13)15-4-5-15)19(25)23-11-7-14(8-12-23)6-10-22-9-2-3-16(22)24/h14-15H,2-12H2,1H3,(H,20,21). The van der Waals surface area contributed by atoms with Crippen molar-refractivity contribution in [2.45, 2.75) is 57.8 Å². The van der Waals surface area contributed by atoms with Crippen LogP contribution in [0.3, 0.4) is 0 Å². The number of hydrogen-bond acceptors (Lipinski definition) is 3. The summed E-state index contributed by atoms with van der Waals surface area (Å²) in [7, 11) is 0. The fraction of sp³-hybridized carbons (Fsp3) is 0.737. The zero-order valence-corrected chi connectivity index (χ0v) is 15.1. The van der Waals surface area contributed by atoms with E-state index in [4.69, 9.17) is 0 Å². The van der Waals surface area contributed by atoms with E-state index in [0.29, 0.717) is 17.7 Å². The Morgan fingerprint density at radius 2 is 1.96 bits per heavy atom. The van der Waals surface area contributed by atoms with Gasteiger partial charge in [0.2, 0.25) is 5.91 Å². The Bertz CT molecular complexity index is 656. The number of nitrogens with one attached hydrogen (secondary N) is 1. The smallest absolute Gasteiger partial charge is 0.257 e. The van der Waals surface area contributed by atoms with Crippen molar-refractivity contribution in [1.82, 2.24) is 20.0 Å². The molecular formula is C19H28N4O2. The minimum absolute atomic E-state index is 0.154. The third-order valence-corrected chi connectivity index (χ3v) is 6.03. The molecule has 1 saturated carbocycles. The summed E-state index contributed by atoms with van der Waals surface area (Å²) in [6, 6.07) is 0.